The fourth-order valence-corrected chi connectivity index (χ4v) is 2.67. The smallest absolute Gasteiger partial charge is 0.305 e. The SMILES string of the molecule is CCCCCCCCCC(=O)OCCCC1CCCO1. The van der Waals surface area contributed by atoms with Gasteiger partial charge < -0.3 is 9.47 Å². The summed E-state index contributed by atoms with van der Waals surface area (Å²) in [5, 5.41) is 0. The van der Waals surface area contributed by atoms with Gasteiger partial charge in [0.2, 0.25) is 0 Å². The topological polar surface area (TPSA) is 35.5 Å². The largest absolute Gasteiger partial charge is 0.466 e. The summed E-state index contributed by atoms with van der Waals surface area (Å²) in [7, 11) is 0. The second-order valence-corrected chi connectivity index (χ2v) is 5.87. The van der Waals surface area contributed by atoms with Crippen molar-refractivity contribution in [3.05, 3.63) is 0 Å². The third-order valence-corrected chi connectivity index (χ3v) is 3.94. The number of unbranched alkanes of at least 4 members (excludes halogenated alkanes) is 6. The molecule has 1 fully saturated rings. The van der Waals surface area contributed by atoms with Crippen LogP contribution >= 0.6 is 0 Å². The zero-order valence-electron chi connectivity index (χ0n) is 13.2. The van der Waals surface area contributed by atoms with E-state index in [1.165, 1.54) is 44.9 Å². The molecule has 20 heavy (non-hydrogen) atoms. The first-order chi connectivity index (χ1) is 9.83. The molecule has 0 bridgehead atoms. The van der Waals surface area contributed by atoms with Crippen LogP contribution in [0.2, 0.25) is 0 Å². The number of hydrogen-bond donors (Lipinski definition) is 0. The quantitative estimate of drug-likeness (QED) is 0.387. The lowest BCUT2D eigenvalue weighted by atomic mass is 10.1. The summed E-state index contributed by atoms with van der Waals surface area (Å²) in [6.45, 7) is 3.70. The molecular formula is C17H32O3. The molecule has 0 spiro atoms. The Labute approximate surface area is 124 Å². The summed E-state index contributed by atoms with van der Waals surface area (Å²) in [6.07, 6.45) is 14.0. The number of hydrogen-bond acceptors (Lipinski definition) is 3. The molecule has 0 N–H and O–H groups in total. The average Bonchev–Trinajstić information content (AvgIpc) is 2.96. The van der Waals surface area contributed by atoms with E-state index in [0.717, 1.165) is 32.3 Å². The lowest BCUT2D eigenvalue weighted by Crippen LogP contribution is -2.09. The molecule has 118 valence electrons. The molecule has 0 saturated carbocycles. The number of carbonyl (C=O) groups is 1. The Balaban J connectivity index is 1.80. The van der Waals surface area contributed by atoms with Crippen LogP contribution in [-0.4, -0.2) is 25.3 Å². The maximum atomic E-state index is 11.5. The van der Waals surface area contributed by atoms with Crippen molar-refractivity contribution in [2.75, 3.05) is 13.2 Å². The minimum atomic E-state index is -0.0223. The fourth-order valence-electron chi connectivity index (χ4n) is 2.67. The third-order valence-electron chi connectivity index (χ3n) is 3.94. The van der Waals surface area contributed by atoms with Gasteiger partial charge in [0.1, 0.15) is 0 Å². The first kappa shape index (κ1) is 17.5. The Morgan fingerprint density at radius 1 is 1.10 bits per heavy atom. The first-order valence-electron chi connectivity index (χ1n) is 8.60. The molecule has 1 unspecified atom stereocenters. The van der Waals surface area contributed by atoms with Gasteiger partial charge in [-0.1, -0.05) is 45.4 Å². The van der Waals surface area contributed by atoms with Gasteiger partial charge in [0, 0.05) is 13.0 Å². The molecule has 3 nitrogen and oxygen atoms in total. The monoisotopic (exact) mass is 284 g/mol. The van der Waals surface area contributed by atoms with Crippen molar-refractivity contribution in [2.24, 2.45) is 0 Å². The normalized spacial score (nSPS) is 18.4. The van der Waals surface area contributed by atoms with Crippen LogP contribution < -0.4 is 0 Å². The standard InChI is InChI=1S/C17H32O3/c1-2-3-4-5-6-7-8-13-17(18)20-15-10-12-16-11-9-14-19-16/h16H,2-15H2,1H3. The van der Waals surface area contributed by atoms with Crippen LogP contribution in [0.3, 0.4) is 0 Å². The predicted octanol–water partition coefficient (Wildman–Crippen LogP) is 4.63. The highest BCUT2D eigenvalue weighted by molar-refractivity contribution is 5.69. The van der Waals surface area contributed by atoms with Gasteiger partial charge in [-0.3, -0.25) is 4.79 Å². The van der Waals surface area contributed by atoms with Crippen LogP contribution in [0.5, 0.6) is 0 Å². The van der Waals surface area contributed by atoms with Crippen molar-refractivity contribution in [2.45, 2.75) is 90.1 Å². The lowest BCUT2D eigenvalue weighted by Gasteiger charge is -2.09. The molecule has 0 amide bonds. The van der Waals surface area contributed by atoms with Gasteiger partial charge in [0.15, 0.2) is 0 Å². The van der Waals surface area contributed by atoms with E-state index in [1.54, 1.807) is 0 Å². The van der Waals surface area contributed by atoms with Crippen molar-refractivity contribution >= 4 is 5.97 Å². The Kier molecular flexibility index (Phi) is 10.7. The van der Waals surface area contributed by atoms with E-state index in [2.05, 4.69) is 6.92 Å². The lowest BCUT2D eigenvalue weighted by molar-refractivity contribution is -0.144. The van der Waals surface area contributed by atoms with E-state index in [4.69, 9.17) is 9.47 Å². The van der Waals surface area contributed by atoms with Crippen LogP contribution in [-0.2, 0) is 14.3 Å². The fraction of sp³-hybridized carbons (Fsp3) is 0.941. The van der Waals surface area contributed by atoms with Crippen LogP contribution in [0, 0.1) is 0 Å². The Morgan fingerprint density at radius 3 is 2.55 bits per heavy atom. The average molecular weight is 284 g/mol. The molecule has 0 aromatic rings. The summed E-state index contributed by atoms with van der Waals surface area (Å²) < 4.78 is 10.8. The highest BCUT2D eigenvalue weighted by Crippen LogP contribution is 2.16. The van der Waals surface area contributed by atoms with Crippen molar-refractivity contribution in [3.63, 3.8) is 0 Å². The van der Waals surface area contributed by atoms with Crippen LogP contribution in [0.1, 0.15) is 84.0 Å². The van der Waals surface area contributed by atoms with E-state index >= 15 is 0 Å². The van der Waals surface area contributed by atoms with E-state index in [-0.39, 0.29) is 5.97 Å². The van der Waals surface area contributed by atoms with Crippen LogP contribution in [0.4, 0.5) is 0 Å². The molecule has 0 aliphatic carbocycles. The van der Waals surface area contributed by atoms with Crippen molar-refractivity contribution < 1.29 is 14.3 Å². The Morgan fingerprint density at radius 2 is 1.85 bits per heavy atom. The summed E-state index contributed by atoms with van der Waals surface area (Å²) in [5.74, 6) is -0.0223. The molecule has 3 heteroatoms. The van der Waals surface area contributed by atoms with Gasteiger partial charge in [0.05, 0.1) is 12.7 Å². The second-order valence-electron chi connectivity index (χ2n) is 5.87. The van der Waals surface area contributed by atoms with Crippen LogP contribution in [0.15, 0.2) is 0 Å². The summed E-state index contributed by atoms with van der Waals surface area (Å²) >= 11 is 0. The molecule has 0 aromatic heterocycles. The summed E-state index contributed by atoms with van der Waals surface area (Å²) in [5.41, 5.74) is 0. The molecule has 1 atom stereocenters. The van der Waals surface area contributed by atoms with Crippen molar-refractivity contribution in [3.8, 4) is 0 Å². The molecule has 1 heterocycles. The van der Waals surface area contributed by atoms with Gasteiger partial charge in [-0.25, -0.2) is 0 Å². The highest BCUT2D eigenvalue weighted by atomic mass is 16.5. The van der Waals surface area contributed by atoms with E-state index in [9.17, 15) is 4.79 Å². The molecule has 1 rings (SSSR count). The predicted molar refractivity (Wildman–Crippen MR) is 81.8 cm³/mol. The Hall–Kier alpha value is -0.570. The van der Waals surface area contributed by atoms with Crippen LogP contribution in [0.25, 0.3) is 0 Å². The molecule has 0 aromatic carbocycles. The number of ether oxygens (including phenoxy) is 2. The maximum absolute atomic E-state index is 11.5. The molecule has 1 aliphatic rings. The number of rotatable bonds is 12. The van der Waals surface area contributed by atoms with Gasteiger partial charge in [-0.2, -0.15) is 0 Å². The molecule has 1 aliphatic heterocycles. The highest BCUT2D eigenvalue weighted by Gasteiger charge is 2.14. The zero-order chi connectivity index (χ0) is 14.5. The van der Waals surface area contributed by atoms with Gasteiger partial charge >= 0.3 is 5.97 Å². The zero-order valence-corrected chi connectivity index (χ0v) is 13.2. The minimum absolute atomic E-state index is 0.0223. The van der Waals surface area contributed by atoms with E-state index in [1.807, 2.05) is 0 Å². The third kappa shape index (κ3) is 9.35. The first-order valence-corrected chi connectivity index (χ1v) is 8.60. The minimum Gasteiger partial charge on any atom is -0.466 e. The van der Waals surface area contributed by atoms with Gasteiger partial charge in [-0.15, -0.1) is 0 Å². The van der Waals surface area contributed by atoms with Gasteiger partial charge in [0.25, 0.3) is 0 Å². The van der Waals surface area contributed by atoms with E-state index in [0.29, 0.717) is 19.1 Å². The second kappa shape index (κ2) is 12.2. The number of carbonyl (C=O) groups excluding carboxylic acids is 1. The summed E-state index contributed by atoms with van der Waals surface area (Å²) in [4.78, 5) is 11.5. The molecule has 0 radical (unpaired) electrons. The molecular weight excluding hydrogens is 252 g/mol. The summed E-state index contributed by atoms with van der Waals surface area (Å²) in [6, 6.07) is 0. The molecule has 1 saturated heterocycles. The van der Waals surface area contributed by atoms with Crippen molar-refractivity contribution in [1.82, 2.24) is 0 Å². The number of esters is 1. The van der Waals surface area contributed by atoms with Crippen molar-refractivity contribution in [1.29, 1.82) is 0 Å². The van der Waals surface area contributed by atoms with E-state index < -0.39 is 0 Å². The maximum Gasteiger partial charge on any atom is 0.305 e. The Bertz CT molecular complexity index is 234. The van der Waals surface area contributed by atoms with Gasteiger partial charge in [-0.05, 0) is 32.1 Å².